The normalized spacial score (nSPS) is 12.9. The predicted octanol–water partition coefficient (Wildman–Crippen LogP) is 4.69. The number of rotatable bonds is 6. The van der Waals surface area contributed by atoms with Gasteiger partial charge in [0.05, 0.1) is 5.69 Å². The van der Waals surface area contributed by atoms with Gasteiger partial charge in [0.15, 0.2) is 0 Å². The van der Waals surface area contributed by atoms with E-state index in [1.807, 2.05) is 0 Å². The molecule has 0 heterocycles. The molecular weight excluding hydrogens is 411 g/mol. The van der Waals surface area contributed by atoms with E-state index < -0.39 is 27.7 Å². The first-order valence-corrected chi connectivity index (χ1v) is 9.04. The van der Waals surface area contributed by atoms with E-state index in [1.54, 1.807) is 11.6 Å². The quantitative estimate of drug-likeness (QED) is 0.732. The van der Waals surface area contributed by atoms with E-state index >= 15 is 0 Å². The van der Waals surface area contributed by atoms with Gasteiger partial charge in [0.2, 0.25) is 0 Å². The summed E-state index contributed by atoms with van der Waals surface area (Å²) < 4.78 is 68.8. The third-order valence-electron chi connectivity index (χ3n) is 3.07. The van der Waals surface area contributed by atoms with Crippen molar-refractivity contribution in [1.82, 2.24) is 0 Å². The van der Waals surface area contributed by atoms with Crippen LogP contribution in [0.1, 0.15) is 18.6 Å². The number of sulfonamides is 1. The van der Waals surface area contributed by atoms with Crippen molar-refractivity contribution in [2.45, 2.75) is 18.8 Å². The Balaban J connectivity index is 2.29. The maximum absolute atomic E-state index is 13.0. The first kappa shape index (κ1) is 18.6. The molecule has 0 fully saturated rings. The molecule has 2 rings (SSSR count). The first-order valence-electron chi connectivity index (χ1n) is 6.70. The van der Waals surface area contributed by atoms with Gasteiger partial charge in [-0.2, -0.15) is 8.78 Å². The minimum atomic E-state index is -4.82. The maximum Gasteiger partial charge on any atom is 0.355 e. The van der Waals surface area contributed by atoms with Crippen molar-refractivity contribution < 1.29 is 26.3 Å². The fourth-order valence-electron chi connectivity index (χ4n) is 1.87. The second kappa shape index (κ2) is 7.43. The van der Waals surface area contributed by atoms with Crippen LogP contribution in [0.3, 0.4) is 0 Å². The summed E-state index contributed by atoms with van der Waals surface area (Å²) in [5.41, 5.74) is 0.520. The molecule has 2 aromatic carbocycles. The van der Waals surface area contributed by atoms with Gasteiger partial charge in [-0.1, -0.05) is 28.1 Å². The first-order chi connectivity index (χ1) is 11.2. The van der Waals surface area contributed by atoms with Crippen molar-refractivity contribution in [2.75, 3.05) is 4.72 Å². The highest BCUT2D eigenvalue weighted by atomic mass is 79.9. The van der Waals surface area contributed by atoms with Crippen molar-refractivity contribution in [3.8, 4) is 5.75 Å². The Morgan fingerprint density at radius 1 is 1.12 bits per heavy atom. The van der Waals surface area contributed by atoms with Crippen LogP contribution in [0.4, 0.5) is 18.9 Å². The van der Waals surface area contributed by atoms with Crippen LogP contribution < -0.4 is 9.46 Å². The van der Waals surface area contributed by atoms with Crippen molar-refractivity contribution in [3.63, 3.8) is 0 Å². The monoisotopic (exact) mass is 423 g/mol. The molecule has 0 saturated carbocycles. The Bertz CT molecular complexity index is 813. The van der Waals surface area contributed by atoms with E-state index in [9.17, 15) is 21.6 Å². The van der Waals surface area contributed by atoms with Gasteiger partial charge in [0.25, 0.3) is 10.0 Å². The SMILES string of the molecule is CC(Oc1cc(Br)ccc1NS(=O)(=O)C(F)F)c1ccc(F)cc1. The Morgan fingerprint density at radius 3 is 2.33 bits per heavy atom. The Hall–Kier alpha value is -1.74. The lowest BCUT2D eigenvalue weighted by Crippen LogP contribution is -2.21. The average Bonchev–Trinajstić information content (AvgIpc) is 2.50. The zero-order valence-electron chi connectivity index (χ0n) is 12.3. The van der Waals surface area contributed by atoms with E-state index in [0.29, 0.717) is 10.0 Å². The summed E-state index contributed by atoms with van der Waals surface area (Å²) >= 11 is 3.21. The van der Waals surface area contributed by atoms with E-state index in [1.165, 1.54) is 42.5 Å². The van der Waals surface area contributed by atoms with E-state index in [2.05, 4.69) is 15.9 Å². The van der Waals surface area contributed by atoms with Crippen LogP contribution in [-0.2, 0) is 10.0 Å². The number of hydrogen-bond donors (Lipinski definition) is 1. The van der Waals surface area contributed by atoms with Gasteiger partial charge in [-0.25, -0.2) is 12.8 Å². The zero-order chi connectivity index (χ0) is 17.9. The van der Waals surface area contributed by atoms with Gasteiger partial charge < -0.3 is 4.74 Å². The summed E-state index contributed by atoms with van der Waals surface area (Å²) in [6.07, 6.45) is -0.560. The minimum Gasteiger partial charge on any atom is -0.484 e. The summed E-state index contributed by atoms with van der Waals surface area (Å²) in [7, 11) is -4.82. The molecule has 0 saturated heterocycles. The molecular formula is C15H13BrF3NO3S. The minimum absolute atomic E-state index is 0.0606. The Kier molecular flexibility index (Phi) is 5.76. The molecule has 0 radical (unpaired) electrons. The Labute approximate surface area is 145 Å². The molecule has 0 aliphatic carbocycles. The van der Waals surface area contributed by atoms with Crippen molar-refractivity contribution in [1.29, 1.82) is 0 Å². The van der Waals surface area contributed by atoms with Crippen molar-refractivity contribution in [2.24, 2.45) is 0 Å². The summed E-state index contributed by atoms with van der Waals surface area (Å²) in [5, 5.41) is 0. The molecule has 130 valence electrons. The molecule has 1 N–H and O–H groups in total. The molecule has 0 amide bonds. The number of hydrogen-bond acceptors (Lipinski definition) is 3. The molecule has 2 aromatic rings. The number of halogens is 4. The summed E-state index contributed by atoms with van der Waals surface area (Å²) in [4.78, 5) is 0. The number of anilines is 1. The summed E-state index contributed by atoms with van der Waals surface area (Å²) in [6, 6.07) is 9.79. The van der Waals surface area contributed by atoms with Gasteiger partial charge in [-0.05, 0) is 42.8 Å². The maximum atomic E-state index is 13.0. The summed E-state index contributed by atoms with van der Waals surface area (Å²) in [5.74, 6) is -3.91. The molecule has 0 aromatic heterocycles. The lowest BCUT2D eigenvalue weighted by molar-refractivity contribution is 0.227. The van der Waals surface area contributed by atoms with Crippen LogP contribution in [0.2, 0.25) is 0 Å². The standard InChI is InChI=1S/C15H13BrF3NO3S/c1-9(10-2-5-12(17)6-3-10)23-14-8-11(16)4-7-13(14)20-24(21,22)15(18)19/h2-9,15,20H,1H3. The van der Waals surface area contributed by atoms with Gasteiger partial charge in [0.1, 0.15) is 17.7 Å². The highest BCUT2D eigenvalue weighted by Crippen LogP contribution is 2.33. The molecule has 9 heteroatoms. The smallest absolute Gasteiger partial charge is 0.355 e. The topological polar surface area (TPSA) is 55.4 Å². The van der Waals surface area contributed by atoms with Crippen LogP contribution in [0.25, 0.3) is 0 Å². The van der Waals surface area contributed by atoms with Crippen molar-refractivity contribution >= 4 is 31.6 Å². The molecule has 0 spiro atoms. The molecule has 0 aliphatic heterocycles. The largest absolute Gasteiger partial charge is 0.484 e. The lowest BCUT2D eigenvalue weighted by Gasteiger charge is -2.19. The molecule has 0 bridgehead atoms. The highest BCUT2D eigenvalue weighted by Gasteiger charge is 2.25. The molecule has 1 atom stereocenters. The number of alkyl halides is 2. The van der Waals surface area contributed by atoms with Crippen LogP contribution in [0.5, 0.6) is 5.75 Å². The second-order valence-corrected chi connectivity index (χ2v) is 7.43. The molecule has 4 nitrogen and oxygen atoms in total. The molecule has 0 aliphatic rings. The van der Waals surface area contributed by atoms with Crippen LogP contribution in [-0.4, -0.2) is 14.2 Å². The molecule has 1 unspecified atom stereocenters. The van der Waals surface area contributed by atoms with Gasteiger partial charge in [-0.3, -0.25) is 4.72 Å². The zero-order valence-corrected chi connectivity index (χ0v) is 14.7. The fourth-order valence-corrected chi connectivity index (χ4v) is 2.77. The third kappa shape index (κ3) is 4.64. The van der Waals surface area contributed by atoms with Crippen LogP contribution in [0, 0.1) is 5.82 Å². The molecule has 24 heavy (non-hydrogen) atoms. The second-order valence-electron chi connectivity index (χ2n) is 4.86. The fraction of sp³-hybridized carbons (Fsp3) is 0.200. The van der Waals surface area contributed by atoms with E-state index in [-0.39, 0.29) is 11.4 Å². The third-order valence-corrected chi connectivity index (χ3v) is 4.54. The average molecular weight is 424 g/mol. The van der Waals surface area contributed by atoms with Gasteiger partial charge in [0, 0.05) is 4.47 Å². The van der Waals surface area contributed by atoms with Gasteiger partial charge in [-0.15, -0.1) is 0 Å². The van der Waals surface area contributed by atoms with Crippen LogP contribution in [0.15, 0.2) is 46.9 Å². The van der Waals surface area contributed by atoms with Crippen LogP contribution >= 0.6 is 15.9 Å². The number of benzene rings is 2. The van der Waals surface area contributed by atoms with Crippen molar-refractivity contribution in [3.05, 3.63) is 58.3 Å². The predicted molar refractivity (Wildman–Crippen MR) is 88.1 cm³/mol. The highest BCUT2D eigenvalue weighted by molar-refractivity contribution is 9.10. The number of nitrogens with one attached hydrogen (secondary N) is 1. The van der Waals surface area contributed by atoms with E-state index in [4.69, 9.17) is 4.74 Å². The number of ether oxygens (including phenoxy) is 1. The lowest BCUT2D eigenvalue weighted by atomic mass is 10.1. The Morgan fingerprint density at radius 2 is 1.75 bits per heavy atom. The summed E-state index contributed by atoms with van der Waals surface area (Å²) in [6.45, 7) is 1.67. The van der Waals surface area contributed by atoms with E-state index in [0.717, 1.165) is 0 Å². The van der Waals surface area contributed by atoms with Gasteiger partial charge >= 0.3 is 5.76 Å².